The second-order valence-electron chi connectivity index (χ2n) is 7.66. The third kappa shape index (κ3) is 4.76. The first kappa shape index (κ1) is 19.6. The summed E-state index contributed by atoms with van der Waals surface area (Å²) in [5.41, 5.74) is 2.27. The summed E-state index contributed by atoms with van der Waals surface area (Å²) < 4.78 is 5.74. The molecule has 0 amide bonds. The second kappa shape index (κ2) is 9.16. The molecule has 0 radical (unpaired) electrons. The first-order chi connectivity index (χ1) is 12.6. The number of nitrogens with zero attached hydrogens (tertiary/aromatic N) is 3. The van der Waals surface area contributed by atoms with Gasteiger partial charge in [-0.25, -0.2) is 0 Å². The van der Waals surface area contributed by atoms with Gasteiger partial charge in [0.15, 0.2) is 5.96 Å². The molecular formula is C20H34N4OS. The summed E-state index contributed by atoms with van der Waals surface area (Å²) in [6.07, 6.45) is 8.98. The van der Waals surface area contributed by atoms with Gasteiger partial charge in [0.25, 0.3) is 0 Å². The molecule has 1 saturated carbocycles. The summed E-state index contributed by atoms with van der Waals surface area (Å²) >= 11 is 2.21. The minimum atomic E-state index is 0.476. The maximum atomic E-state index is 5.26. The molecule has 1 spiro atoms. The molecule has 3 rings (SSSR count). The summed E-state index contributed by atoms with van der Waals surface area (Å²) in [4.78, 5) is 7.46. The number of thioether (sulfide) groups is 1. The maximum absolute atomic E-state index is 5.26. The Hall–Kier alpha value is -1.17. The number of hydrogen-bond donors (Lipinski definition) is 1. The SMILES string of the molecule is CCNC(=NCCCc1c(C)noc1C)N1CCSC2(CCCCC2)C1. The highest BCUT2D eigenvalue weighted by atomic mass is 32.2. The number of aliphatic imine (C=N–C) groups is 1. The van der Waals surface area contributed by atoms with Gasteiger partial charge < -0.3 is 14.7 Å². The molecule has 6 heteroatoms. The average molecular weight is 379 g/mol. The summed E-state index contributed by atoms with van der Waals surface area (Å²) in [6.45, 7) is 10.2. The van der Waals surface area contributed by atoms with Crippen LogP contribution < -0.4 is 5.32 Å². The molecule has 0 unspecified atom stereocenters. The van der Waals surface area contributed by atoms with Gasteiger partial charge in [0, 0.05) is 42.2 Å². The third-order valence-corrected chi connectivity index (χ3v) is 7.21. The normalized spacial score (nSPS) is 20.6. The molecule has 0 atom stereocenters. The maximum Gasteiger partial charge on any atom is 0.193 e. The number of hydrogen-bond acceptors (Lipinski definition) is 4. The number of nitrogens with one attached hydrogen (secondary N) is 1. The highest BCUT2D eigenvalue weighted by Crippen LogP contribution is 2.42. The van der Waals surface area contributed by atoms with E-state index in [1.807, 2.05) is 13.8 Å². The Morgan fingerprint density at radius 1 is 1.31 bits per heavy atom. The van der Waals surface area contributed by atoms with E-state index >= 15 is 0 Å². The van der Waals surface area contributed by atoms with Crippen LogP contribution in [0.3, 0.4) is 0 Å². The van der Waals surface area contributed by atoms with Gasteiger partial charge in [-0.3, -0.25) is 4.99 Å². The molecule has 1 aromatic heterocycles. The van der Waals surface area contributed by atoms with E-state index in [-0.39, 0.29) is 0 Å². The number of aryl methyl sites for hydroxylation is 2. The molecule has 1 aliphatic carbocycles. The van der Waals surface area contributed by atoms with Crippen LogP contribution in [0.4, 0.5) is 0 Å². The van der Waals surface area contributed by atoms with E-state index in [9.17, 15) is 0 Å². The van der Waals surface area contributed by atoms with Crippen molar-refractivity contribution in [2.75, 3.05) is 31.9 Å². The van der Waals surface area contributed by atoms with Crippen LogP contribution in [-0.4, -0.2) is 52.7 Å². The lowest BCUT2D eigenvalue weighted by molar-refractivity contribution is 0.293. The van der Waals surface area contributed by atoms with Gasteiger partial charge in [-0.1, -0.05) is 24.4 Å². The van der Waals surface area contributed by atoms with E-state index in [2.05, 4.69) is 34.1 Å². The Balaban J connectivity index is 1.57. The van der Waals surface area contributed by atoms with E-state index in [0.717, 1.165) is 56.4 Å². The summed E-state index contributed by atoms with van der Waals surface area (Å²) in [7, 11) is 0. The fourth-order valence-corrected chi connectivity index (χ4v) is 5.82. The van der Waals surface area contributed by atoms with Crippen LogP contribution in [0.15, 0.2) is 9.52 Å². The third-order valence-electron chi connectivity index (χ3n) is 5.68. The number of rotatable bonds is 5. The predicted molar refractivity (Wildman–Crippen MR) is 110 cm³/mol. The first-order valence-electron chi connectivity index (χ1n) is 10.2. The van der Waals surface area contributed by atoms with Gasteiger partial charge in [0.1, 0.15) is 5.76 Å². The summed E-state index contributed by atoms with van der Waals surface area (Å²) in [5.74, 6) is 3.28. The van der Waals surface area contributed by atoms with Gasteiger partial charge in [0.2, 0.25) is 0 Å². The van der Waals surface area contributed by atoms with Crippen LogP contribution >= 0.6 is 11.8 Å². The summed E-state index contributed by atoms with van der Waals surface area (Å²) in [5, 5.41) is 7.57. The van der Waals surface area contributed by atoms with Crippen molar-refractivity contribution >= 4 is 17.7 Å². The topological polar surface area (TPSA) is 53.7 Å². The lowest BCUT2D eigenvalue weighted by Crippen LogP contribution is -2.53. The van der Waals surface area contributed by atoms with Crippen molar-refractivity contribution in [1.29, 1.82) is 0 Å². The van der Waals surface area contributed by atoms with Gasteiger partial charge >= 0.3 is 0 Å². The Labute approximate surface area is 162 Å². The Morgan fingerprint density at radius 2 is 2.12 bits per heavy atom. The van der Waals surface area contributed by atoms with Crippen molar-refractivity contribution in [2.24, 2.45) is 4.99 Å². The first-order valence-corrected chi connectivity index (χ1v) is 11.2. The van der Waals surface area contributed by atoms with Gasteiger partial charge in [0.05, 0.1) is 5.69 Å². The quantitative estimate of drug-likeness (QED) is 0.478. The van der Waals surface area contributed by atoms with Crippen molar-refractivity contribution in [3.63, 3.8) is 0 Å². The smallest absolute Gasteiger partial charge is 0.193 e. The Morgan fingerprint density at radius 3 is 2.81 bits per heavy atom. The molecular weight excluding hydrogens is 344 g/mol. The molecule has 1 aromatic rings. The second-order valence-corrected chi connectivity index (χ2v) is 9.22. The van der Waals surface area contributed by atoms with E-state index < -0.39 is 0 Å². The highest BCUT2D eigenvalue weighted by molar-refractivity contribution is 8.00. The molecule has 1 aliphatic heterocycles. The molecule has 1 N–H and O–H groups in total. The minimum absolute atomic E-state index is 0.476. The molecule has 0 aromatic carbocycles. The average Bonchev–Trinajstić information content (AvgIpc) is 2.96. The molecule has 26 heavy (non-hydrogen) atoms. The molecule has 2 fully saturated rings. The standard InChI is InChI=1S/C20H34N4OS/c1-4-21-19(22-12-8-9-18-16(2)23-25-17(18)3)24-13-14-26-20(15-24)10-6-5-7-11-20/h4-15H2,1-3H3,(H,21,22). The zero-order chi connectivity index (χ0) is 18.4. The Bertz CT molecular complexity index is 582. The van der Waals surface area contributed by atoms with Gasteiger partial charge in [-0.05, 0) is 46.5 Å². The molecule has 2 aliphatic rings. The van der Waals surface area contributed by atoms with Crippen LogP contribution in [0, 0.1) is 13.8 Å². The Kier molecular flexibility index (Phi) is 6.90. The zero-order valence-corrected chi connectivity index (χ0v) is 17.5. The van der Waals surface area contributed by atoms with E-state index in [1.165, 1.54) is 43.4 Å². The van der Waals surface area contributed by atoms with Crippen LogP contribution in [0.5, 0.6) is 0 Å². The molecule has 146 valence electrons. The van der Waals surface area contributed by atoms with E-state index in [0.29, 0.717) is 4.75 Å². The molecule has 0 bridgehead atoms. The van der Waals surface area contributed by atoms with Crippen LogP contribution in [0.1, 0.15) is 62.5 Å². The van der Waals surface area contributed by atoms with Crippen molar-refractivity contribution in [3.05, 3.63) is 17.0 Å². The van der Waals surface area contributed by atoms with E-state index in [1.54, 1.807) is 0 Å². The van der Waals surface area contributed by atoms with Crippen molar-refractivity contribution in [1.82, 2.24) is 15.4 Å². The highest BCUT2D eigenvalue weighted by Gasteiger charge is 2.38. The van der Waals surface area contributed by atoms with Gasteiger partial charge in [-0.15, -0.1) is 0 Å². The zero-order valence-electron chi connectivity index (χ0n) is 16.6. The van der Waals surface area contributed by atoms with Crippen molar-refractivity contribution in [2.45, 2.75) is 70.5 Å². The molecule has 1 saturated heterocycles. The lowest BCUT2D eigenvalue weighted by Gasteiger charge is -2.45. The van der Waals surface area contributed by atoms with Crippen LogP contribution in [0.25, 0.3) is 0 Å². The number of aromatic nitrogens is 1. The van der Waals surface area contributed by atoms with Gasteiger partial charge in [-0.2, -0.15) is 11.8 Å². The number of guanidine groups is 1. The van der Waals surface area contributed by atoms with Crippen LogP contribution in [-0.2, 0) is 6.42 Å². The molecule has 2 heterocycles. The fourth-order valence-electron chi connectivity index (χ4n) is 4.25. The lowest BCUT2D eigenvalue weighted by atomic mass is 9.87. The van der Waals surface area contributed by atoms with Crippen molar-refractivity contribution < 1.29 is 4.52 Å². The summed E-state index contributed by atoms with van der Waals surface area (Å²) in [6, 6.07) is 0. The monoisotopic (exact) mass is 378 g/mol. The largest absolute Gasteiger partial charge is 0.361 e. The predicted octanol–water partition coefficient (Wildman–Crippen LogP) is 3.94. The van der Waals surface area contributed by atoms with E-state index in [4.69, 9.17) is 9.52 Å². The van der Waals surface area contributed by atoms with Crippen LogP contribution in [0.2, 0.25) is 0 Å². The fraction of sp³-hybridized carbons (Fsp3) is 0.800. The van der Waals surface area contributed by atoms with Crippen molar-refractivity contribution in [3.8, 4) is 0 Å². The molecule has 5 nitrogen and oxygen atoms in total. The minimum Gasteiger partial charge on any atom is -0.361 e.